The minimum Gasteiger partial charge on any atom is -0.457 e. The summed E-state index contributed by atoms with van der Waals surface area (Å²) in [5.41, 5.74) is 13.2. The Labute approximate surface area is 335 Å². The third-order valence-corrected chi connectivity index (χ3v) is 11.9. The Bertz CT molecular complexity index is 3160. The van der Waals surface area contributed by atoms with Crippen LogP contribution in [-0.2, 0) is 5.41 Å². The van der Waals surface area contributed by atoms with Crippen LogP contribution in [0.25, 0.3) is 78.0 Å². The second kappa shape index (κ2) is 12.7. The van der Waals surface area contributed by atoms with E-state index in [9.17, 15) is 0 Å². The molecule has 270 valence electrons. The molecule has 58 heavy (non-hydrogen) atoms. The van der Waals surface area contributed by atoms with Gasteiger partial charge in [0.15, 0.2) is 5.82 Å². The van der Waals surface area contributed by atoms with E-state index in [4.69, 9.17) is 19.7 Å². The van der Waals surface area contributed by atoms with Gasteiger partial charge >= 0.3 is 0 Å². The number of nitrogens with zero attached hydrogens (tertiary/aromatic N) is 3. The van der Waals surface area contributed by atoms with E-state index in [0.717, 1.165) is 89.4 Å². The molecule has 0 amide bonds. The molecule has 0 radical (unpaired) electrons. The van der Waals surface area contributed by atoms with E-state index in [1.54, 1.807) is 0 Å². The number of para-hydroxylation sites is 2. The molecule has 4 heteroatoms. The second-order valence-electron chi connectivity index (χ2n) is 15.1. The summed E-state index contributed by atoms with van der Waals surface area (Å²) < 4.78 is 6.60. The minimum atomic E-state index is -0.595. The molecule has 4 nitrogen and oxygen atoms in total. The standard InChI is InChI=1S/C54H33N3O/c1-3-15-34(16-4-1)46-33-47(35-17-5-2-6-18-35)56-53(55-46)39-30-28-36-31-38(29-27-37(36)32-39)51-41-20-8-7-19-40(41)50-52(57-51)42-21-9-10-22-43(42)54(50)44-23-11-13-25-48(44)58-49-26-14-12-24-45(49)54/h1-33H. The summed E-state index contributed by atoms with van der Waals surface area (Å²) in [5.74, 6) is 2.44. The first-order valence-electron chi connectivity index (χ1n) is 19.7. The third kappa shape index (κ3) is 4.79. The maximum absolute atomic E-state index is 6.60. The topological polar surface area (TPSA) is 47.9 Å². The minimum absolute atomic E-state index is 0.595. The SMILES string of the molecule is c1ccc(-c2cc(-c3ccccc3)nc(-c3ccc4cc(-c5nc6c(c7ccccc57)C5(c7ccccc7Oc7ccccc75)c5ccccc5-6)ccc4c3)n2)cc1. The fraction of sp³-hybridized carbons (Fsp3) is 0.0185. The Morgan fingerprint density at radius 1 is 0.362 bits per heavy atom. The van der Waals surface area contributed by atoms with Crippen molar-refractivity contribution < 1.29 is 4.74 Å². The highest BCUT2D eigenvalue weighted by Gasteiger charge is 2.52. The number of hydrogen-bond donors (Lipinski definition) is 0. The van der Waals surface area contributed by atoms with Crippen molar-refractivity contribution in [3.05, 3.63) is 222 Å². The van der Waals surface area contributed by atoms with Gasteiger partial charge < -0.3 is 4.74 Å². The highest BCUT2D eigenvalue weighted by molar-refractivity contribution is 6.06. The average Bonchev–Trinajstić information content (AvgIpc) is 3.59. The zero-order valence-corrected chi connectivity index (χ0v) is 31.3. The van der Waals surface area contributed by atoms with E-state index in [0.29, 0.717) is 5.82 Å². The van der Waals surface area contributed by atoms with Gasteiger partial charge in [0.2, 0.25) is 0 Å². The Kier molecular flexibility index (Phi) is 7.11. The Morgan fingerprint density at radius 2 is 0.879 bits per heavy atom. The molecule has 0 N–H and O–H groups in total. The van der Waals surface area contributed by atoms with E-state index >= 15 is 0 Å². The maximum Gasteiger partial charge on any atom is 0.160 e. The maximum atomic E-state index is 6.60. The van der Waals surface area contributed by atoms with Crippen molar-refractivity contribution in [1.82, 2.24) is 15.0 Å². The van der Waals surface area contributed by atoms with E-state index in [-0.39, 0.29) is 0 Å². The van der Waals surface area contributed by atoms with Gasteiger partial charge in [0.05, 0.1) is 28.2 Å². The first kappa shape index (κ1) is 32.5. The van der Waals surface area contributed by atoms with Crippen LogP contribution in [0.1, 0.15) is 22.3 Å². The van der Waals surface area contributed by atoms with Gasteiger partial charge in [-0.05, 0) is 52.1 Å². The van der Waals surface area contributed by atoms with Crippen molar-refractivity contribution in [2.45, 2.75) is 5.41 Å². The third-order valence-electron chi connectivity index (χ3n) is 11.9. The Balaban J connectivity index is 1.03. The predicted octanol–water partition coefficient (Wildman–Crippen LogP) is 13.3. The first-order chi connectivity index (χ1) is 28.7. The molecule has 0 unspecified atom stereocenters. The molecule has 1 aliphatic carbocycles. The molecule has 10 aromatic rings. The lowest BCUT2D eigenvalue weighted by molar-refractivity contribution is 0.437. The number of aromatic nitrogens is 3. The molecule has 1 aliphatic heterocycles. The van der Waals surface area contributed by atoms with Crippen LogP contribution in [0.5, 0.6) is 11.5 Å². The summed E-state index contributed by atoms with van der Waals surface area (Å²) >= 11 is 0. The van der Waals surface area contributed by atoms with Crippen LogP contribution in [0.2, 0.25) is 0 Å². The molecular weight excluding hydrogens is 707 g/mol. The number of pyridine rings is 1. The van der Waals surface area contributed by atoms with Crippen molar-refractivity contribution in [3.8, 4) is 67.9 Å². The van der Waals surface area contributed by atoms with Crippen molar-refractivity contribution in [3.63, 3.8) is 0 Å². The van der Waals surface area contributed by atoms with Crippen LogP contribution >= 0.6 is 0 Å². The number of rotatable bonds is 4. The largest absolute Gasteiger partial charge is 0.457 e. The molecule has 3 heterocycles. The van der Waals surface area contributed by atoms with E-state index in [1.807, 2.05) is 36.4 Å². The van der Waals surface area contributed by atoms with Crippen molar-refractivity contribution in [2.24, 2.45) is 0 Å². The summed E-state index contributed by atoms with van der Waals surface area (Å²) in [6, 6.07) is 70.5. The molecule has 0 atom stereocenters. The van der Waals surface area contributed by atoms with Gasteiger partial charge in [-0.3, -0.25) is 0 Å². The Hall–Kier alpha value is -7.69. The van der Waals surface area contributed by atoms with Gasteiger partial charge in [0.25, 0.3) is 0 Å². The molecule has 0 saturated heterocycles. The second-order valence-corrected chi connectivity index (χ2v) is 15.1. The summed E-state index contributed by atoms with van der Waals surface area (Å²) in [5, 5.41) is 4.54. The molecule has 2 aliphatic rings. The van der Waals surface area contributed by atoms with Crippen molar-refractivity contribution in [2.75, 3.05) is 0 Å². The van der Waals surface area contributed by atoms with Gasteiger partial charge in [-0.15, -0.1) is 0 Å². The first-order valence-corrected chi connectivity index (χ1v) is 19.7. The lowest BCUT2D eigenvalue weighted by Gasteiger charge is -2.39. The van der Waals surface area contributed by atoms with E-state index < -0.39 is 5.41 Å². The van der Waals surface area contributed by atoms with Crippen molar-refractivity contribution in [1.29, 1.82) is 0 Å². The highest BCUT2D eigenvalue weighted by atomic mass is 16.5. The van der Waals surface area contributed by atoms with E-state index in [1.165, 1.54) is 16.5 Å². The van der Waals surface area contributed by atoms with Gasteiger partial charge in [-0.1, -0.05) is 170 Å². The van der Waals surface area contributed by atoms with Crippen LogP contribution in [0.15, 0.2) is 200 Å². The van der Waals surface area contributed by atoms with Crippen LogP contribution in [-0.4, -0.2) is 15.0 Å². The summed E-state index contributed by atoms with van der Waals surface area (Å²) in [6.07, 6.45) is 0. The summed E-state index contributed by atoms with van der Waals surface area (Å²) in [4.78, 5) is 15.9. The summed E-state index contributed by atoms with van der Waals surface area (Å²) in [7, 11) is 0. The lowest BCUT2D eigenvalue weighted by Crippen LogP contribution is -2.32. The molecule has 0 bridgehead atoms. The number of hydrogen-bond acceptors (Lipinski definition) is 4. The molecule has 0 fully saturated rings. The fourth-order valence-corrected chi connectivity index (χ4v) is 9.38. The van der Waals surface area contributed by atoms with Gasteiger partial charge in [-0.25, -0.2) is 15.0 Å². The predicted molar refractivity (Wildman–Crippen MR) is 234 cm³/mol. The number of benzene rings is 8. The summed E-state index contributed by atoms with van der Waals surface area (Å²) in [6.45, 7) is 0. The van der Waals surface area contributed by atoms with Crippen LogP contribution in [0, 0.1) is 0 Å². The monoisotopic (exact) mass is 739 g/mol. The van der Waals surface area contributed by atoms with E-state index in [2.05, 4.69) is 164 Å². The lowest BCUT2D eigenvalue weighted by atomic mass is 9.65. The average molecular weight is 740 g/mol. The number of ether oxygens (including phenoxy) is 1. The molecule has 8 aromatic carbocycles. The zero-order chi connectivity index (χ0) is 38.2. The van der Waals surface area contributed by atoms with Gasteiger partial charge in [-0.2, -0.15) is 0 Å². The normalized spacial score (nSPS) is 13.1. The van der Waals surface area contributed by atoms with Crippen LogP contribution in [0.4, 0.5) is 0 Å². The highest BCUT2D eigenvalue weighted by Crippen LogP contribution is 2.63. The molecular formula is C54H33N3O. The zero-order valence-electron chi connectivity index (χ0n) is 31.3. The molecule has 12 rings (SSSR count). The van der Waals surface area contributed by atoms with Crippen molar-refractivity contribution >= 4 is 21.5 Å². The quantitative estimate of drug-likeness (QED) is 0.180. The van der Waals surface area contributed by atoms with Crippen LogP contribution in [0.3, 0.4) is 0 Å². The molecule has 2 aromatic heterocycles. The molecule has 0 saturated carbocycles. The number of fused-ring (bicyclic) bond motifs is 12. The molecule has 1 spiro atoms. The van der Waals surface area contributed by atoms with Gasteiger partial charge in [0.1, 0.15) is 11.5 Å². The smallest absolute Gasteiger partial charge is 0.160 e. The fourth-order valence-electron chi connectivity index (χ4n) is 9.38. The van der Waals surface area contributed by atoms with Gasteiger partial charge in [0, 0.05) is 49.9 Å². The van der Waals surface area contributed by atoms with Crippen LogP contribution < -0.4 is 4.74 Å². The Morgan fingerprint density at radius 3 is 1.53 bits per heavy atom.